The van der Waals surface area contributed by atoms with Gasteiger partial charge in [0.05, 0.1) is 0 Å². The summed E-state index contributed by atoms with van der Waals surface area (Å²) in [4.78, 5) is 10.0. The zero-order chi connectivity index (χ0) is 6.20. The smallest absolute Gasteiger partial charge is 0.301 e. The molecule has 0 amide bonds. The van der Waals surface area contributed by atoms with Crippen LogP contribution >= 0.6 is 0 Å². The number of aliphatic carboxylic acids is 1. The minimum absolute atomic E-state index is 0. The second-order valence-corrected chi connectivity index (χ2v) is 2.57. The van der Waals surface area contributed by atoms with Crippen LogP contribution in [0.4, 0.5) is 0 Å². The van der Waals surface area contributed by atoms with Gasteiger partial charge in [-0.2, -0.15) is 0 Å². The Morgan fingerprint density at radius 2 is 2.11 bits per heavy atom. The van der Waals surface area contributed by atoms with Gasteiger partial charge in [-0.15, -0.1) is 5.41 Å². The molecule has 1 rings (SSSR count). The minimum Gasteiger partial charge on any atom is -0.481 e. The Bertz CT molecular complexity index is 118. The van der Waals surface area contributed by atoms with E-state index in [0.717, 1.165) is 12.8 Å². The van der Waals surface area contributed by atoms with Crippen LogP contribution in [0, 0.1) is 12.3 Å². The van der Waals surface area contributed by atoms with Gasteiger partial charge < -0.3 is 12.0 Å². The SMILES string of the molecule is [CH2-]C1(CC(=O)O)CC1.[W]. The van der Waals surface area contributed by atoms with E-state index in [4.69, 9.17) is 5.11 Å². The van der Waals surface area contributed by atoms with Crippen LogP contribution in [0.1, 0.15) is 19.3 Å². The van der Waals surface area contributed by atoms with Gasteiger partial charge in [-0.05, 0) is 0 Å². The van der Waals surface area contributed by atoms with Gasteiger partial charge in [0.1, 0.15) is 0 Å². The maximum atomic E-state index is 10.0. The summed E-state index contributed by atoms with van der Waals surface area (Å²) in [5.41, 5.74) is -0.0775. The molecule has 2 nitrogen and oxygen atoms in total. The standard InChI is InChI=1S/C6H9O2.W/c1-6(2-3-6)4-5(7)8;/h1-4H2,(H,7,8);/q-1;. The molecule has 52 valence electrons. The summed E-state index contributed by atoms with van der Waals surface area (Å²) in [7, 11) is 0. The van der Waals surface area contributed by atoms with Crippen molar-refractivity contribution in [2.24, 2.45) is 5.41 Å². The molecule has 1 aliphatic rings. The molecule has 1 fully saturated rings. The molecule has 0 aromatic rings. The summed E-state index contributed by atoms with van der Waals surface area (Å²) in [6, 6.07) is 0. The van der Waals surface area contributed by atoms with Crippen molar-refractivity contribution in [3.05, 3.63) is 6.92 Å². The quantitative estimate of drug-likeness (QED) is 0.774. The molecule has 1 aliphatic carbocycles. The molecule has 0 heterocycles. The van der Waals surface area contributed by atoms with Crippen LogP contribution in [0.3, 0.4) is 0 Å². The largest absolute Gasteiger partial charge is 0.481 e. The first-order valence-electron chi connectivity index (χ1n) is 2.70. The normalized spacial score (nSPS) is 20.1. The van der Waals surface area contributed by atoms with Crippen molar-refractivity contribution in [2.75, 3.05) is 0 Å². The zero-order valence-electron chi connectivity index (χ0n) is 5.09. The van der Waals surface area contributed by atoms with Crippen molar-refractivity contribution < 1.29 is 31.0 Å². The Labute approximate surface area is 68.9 Å². The molecule has 9 heavy (non-hydrogen) atoms. The maximum absolute atomic E-state index is 10.0. The predicted octanol–water partition coefficient (Wildman–Crippen LogP) is 1.07. The summed E-state index contributed by atoms with van der Waals surface area (Å²) in [6.45, 7) is 3.74. The number of hydrogen-bond acceptors (Lipinski definition) is 1. The monoisotopic (exact) mass is 297 g/mol. The molecular weight excluding hydrogens is 288 g/mol. The third-order valence-electron chi connectivity index (χ3n) is 1.48. The Hall–Kier alpha value is 0.158. The van der Waals surface area contributed by atoms with E-state index in [2.05, 4.69) is 6.92 Å². The van der Waals surface area contributed by atoms with Crippen LogP contribution in [0.25, 0.3) is 0 Å². The number of carboxylic acids is 1. The molecule has 0 aliphatic heterocycles. The molecule has 0 saturated heterocycles. The molecule has 1 saturated carbocycles. The molecule has 0 bridgehead atoms. The van der Waals surface area contributed by atoms with Crippen molar-refractivity contribution in [1.82, 2.24) is 0 Å². The average molecular weight is 297 g/mol. The van der Waals surface area contributed by atoms with Gasteiger partial charge in [0.15, 0.2) is 0 Å². The van der Waals surface area contributed by atoms with Crippen LogP contribution < -0.4 is 0 Å². The van der Waals surface area contributed by atoms with E-state index < -0.39 is 5.97 Å². The summed E-state index contributed by atoms with van der Waals surface area (Å²) in [5.74, 6) is -0.725. The van der Waals surface area contributed by atoms with E-state index in [-0.39, 0.29) is 32.9 Å². The van der Waals surface area contributed by atoms with Crippen molar-refractivity contribution in [3.63, 3.8) is 0 Å². The van der Waals surface area contributed by atoms with Gasteiger partial charge in [0, 0.05) is 27.5 Å². The van der Waals surface area contributed by atoms with Gasteiger partial charge in [0.2, 0.25) is 0 Å². The summed E-state index contributed by atoms with van der Waals surface area (Å²) in [5, 5.41) is 8.25. The van der Waals surface area contributed by atoms with E-state index in [1.807, 2.05) is 0 Å². The van der Waals surface area contributed by atoms with Crippen LogP contribution in [-0.2, 0) is 25.9 Å². The van der Waals surface area contributed by atoms with E-state index in [1.165, 1.54) is 0 Å². The Morgan fingerprint density at radius 3 is 2.22 bits per heavy atom. The summed E-state index contributed by atoms with van der Waals surface area (Å²) in [6.07, 6.45) is 2.21. The second-order valence-electron chi connectivity index (χ2n) is 2.57. The first-order chi connectivity index (χ1) is 3.62. The van der Waals surface area contributed by atoms with Gasteiger partial charge >= 0.3 is 5.97 Å². The minimum atomic E-state index is -0.725. The maximum Gasteiger partial charge on any atom is 0.301 e. The molecule has 0 aromatic carbocycles. The predicted molar refractivity (Wildman–Crippen MR) is 29.3 cm³/mol. The van der Waals surface area contributed by atoms with Crippen molar-refractivity contribution in [2.45, 2.75) is 19.3 Å². The van der Waals surface area contributed by atoms with E-state index >= 15 is 0 Å². The van der Waals surface area contributed by atoms with Gasteiger partial charge in [-0.25, -0.2) is 0 Å². The van der Waals surface area contributed by atoms with E-state index in [9.17, 15) is 4.79 Å². The molecular formula is C6H9O2W-. The third-order valence-corrected chi connectivity index (χ3v) is 1.48. The molecule has 0 radical (unpaired) electrons. The average Bonchev–Trinajstić information content (AvgIpc) is 2.17. The Balaban J connectivity index is 0.000000640. The van der Waals surface area contributed by atoms with Crippen LogP contribution in [0.15, 0.2) is 0 Å². The van der Waals surface area contributed by atoms with Crippen LogP contribution in [0.5, 0.6) is 0 Å². The molecule has 0 unspecified atom stereocenters. The van der Waals surface area contributed by atoms with Crippen molar-refractivity contribution in [1.29, 1.82) is 0 Å². The van der Waals surface area contributed by atoms with Crippen LogP contribution in [0.2, 0.25) is 0 Å². The Morgan fingerprint density at radius 1 is 1.67 bits per heavy atom. The molecule has 3 heteroatoms. The number of hydrogen-bond donors (Lipinski definition) is 1. The fraction of sp³-hybridized carbons (Fsp3) is 0.667. The second kappa shape index (κ2) is 2.83. The van der Waals surface area contributed by atoms with Crippen molar-refractivity contribution >= 4 is 5.97 Å². The van der Waals surface area contributed by atoms with E-state index in [0.29, 0.717) is 0 Å². The summed E-state index contributed by atoms with van der Waals surface area (Å²) < 4.78 is 0. The molecule has 1 N–H and O–H groups in total. The first kappa shape index (κ1) is 9.16. The topological polar surface area (TPSA) is 37.3 Å². The van der Waals surface area contributed by atoms with Crippen LogP contribution in [-0.4, -0.2) is 11.1 Å². The third kappa shape index (κ3) is 3.00. The zero-order valence-corrected chi connectivity index (χ0v) is 8.03. The fourth-order valence-electron chi connectivity index (χ4n) is 0.674. The van der Waals surface area contributed by atoms with Gasteiger partial charge in [-0.3, -0.25) is 4.79 Å². The number of carboxylic acid groups (broad SMARTS) is 1. The first-order valence-corrected chi connectivity index (χ1v) is 2.70. The Kier molecular flexibility index (Phi) is 2.88. The van der Waals surface area contributed by atoms with Gasteiger partial charge in [-0.1, -0.05) is 12.8 Å². The molecule has 0 spiro atoms. The number of carbonyl (C=O) groups is 1. The molecule has 0 atom stereocenters. The van der Waals surface area contributed by atoms with E-state index in [1.54, 1.807) is 0 Å². The fourth-order valence-corrected chi connectivity index (χ4v) is 0.674. The number of rotatable bonds is 2. The van der Waals surface area contributed by atoms with Crippen molar-refractivity contribution in [3.8, 4) is 0 Å². The molecule has 0 aromatic heterocycles. The van der Waals surface area contributed by atoms with Gasteiger partial charge in [0.25, 0.3) is 0 Å². The summed E-state index contributed by atoms with van der Waals surface area (Å²) >= 11 is 0.